The number of halogens is 2. The number of fused-ring (bicyclic) bond motifs is 2. The van der Waals surface area contributed by atoms with Crippen molar-refractivity contribution >= 4 is 39.6 Å². The van der Waals surface area contributed by atoms with Gasteiger partial charge in [0.1, 0.15) is 0 Å². The number of hydrogen-bond donors (Lipinski definition) is 0. The van der Waals surface area contributed by atoms with E-state index < -0.39 is 4.84 Å². The average Bonchev–Trinajstić information content (AvgIpc) is 2.93. The molecular formula is C17H12Cl2N4. The van der Waals surface area contributed by atoms with Crippen LogP contribution >= 0.6 is 23.2 Å². The molecule has 0 saturated carbocycles. The highest BCUT2D eigenvalue weighted by molar-refractivity contribution is 6.43. The van der Waals surface area contributed by atoms with E-state index in [4.69, 9.17) is 23.2 Å². The topological polar surface area (TPSA) is 43.1 Å². The fourth-order valence-corrected chi connectivity index (χ4v) is 2.91. The van der Waals surface area contributed by atoms with E-state index in [1.807, 2.05) is 37.3 Å². The molecule has 23 heavy (non-hydrogen) atoms. The molecule has 0 amide bonds. The molecule has 2 heterocycles. The van der Waals surface area contributed by atoms with E-state index in [1.54, 1.807) is 4.52 Å². The Hall–Kier alpha value is -2.17. The number of alkyl halides is 2. The fourth-order valence-electron chi connectivity index (χ4n) is 2.71. The molecule has 0 aliphatic heterocycles. The van der Waals surface area contributed by atoms with E-state index >= 15 is 0 Å². The van der Waals surface area contributed by atoms with Gasteiger partial charge in [-0.15, -0.1) is 0 Å². The summed E-state index contributed by atoms with van der Waals surface area (Å²) in [6.45, 7) is 1.92. The Morgan fingerprint density at radius 2 is 1.78 bits per heavy atom. The van der Waals surface area contributed by atoms with Crippen molar-refractivity contribution in [3.63, 3.8) is 0 Å². The summed E-state index contributed by atoms with van der Waals surface area (Å²) in [7, 11) is 0. The summed E-state index contributed by atoms with van der Waals surface area (Å²) in [5.41, 5.74) is 2.51. The zero-order valence-electron chi connectivity index (χ0n) is 12.2. The van der Waals surface area contributed by atoms with Crippen LogP contribution in [0.25, 0.3) is 27.8 Å². The Bertz CT molecular complexity index is 1020. The maximum Gasteiger partial charge on any atom is 0.167 e. The summed E-state index contributed by atoms with van der Waals surface area (Å²) in [4.78, 5) is 8.16. The molecule has 0 unspecified atom stereocenters. The summed E-state index contributed by atoms with van der Waals surface area (Å²) in [5, 5.41) is 6.73. The molecule has 0 N–H and O–H groups in total. The third-order valence-corrected chi connectivity index (χ3v) is 4.08. The number of hydrogen-bond acceptors (Lipinski definition) is 3. The Balaban J connectivity index is 2.11. The van der Waals surface area contributed by atoms with Gasteiger partial charge in [-0.3, -0.25) is 0 Å². The predicted molar refractivity (Wildman–Crippen MR) is 92.9 cm³/mol. The second-order valence-corrected chi connectivity index (χ2v) is 6.38. The third kappa shape index (κ3) is 2.44. The van der Waals surface area contributed by atoms with E-state index in [0.717, 1.165) is 22.0 Å². The number of rotatable bonds is 2. The lowest BCUT2D eigenvalue weighted by atomic mass is 10.0. The third-order valence-electron chi connectivity index (χ3n) is 3.69. The molecule has 0 saturated heterocycles. The number of aryl methyl sites for hydroxylation is 1. The smallest absolute Gasteiger partial charge is 0.167 e. The summed E-state index contributed by atoms with van der Waals surface area (Å²) >= 11 is 12.0. The lowest BCUT2D eigenvalue weighted by Crippen LogP contribution is -2.05. The molecule has 0 aliphatic rings. The second kappa shape index (κ2) is 5.48. The number of benzene rings is 2. The molecule has 0 atom stereocenters. The normalized spacial score (nSPS) is 11.7. The molecular weight excluding hydrogens is 331 g/mol. The van der Waals surface area contributed by atoms with E-state index in [9.17, 15) is 0 Å². The first kappa shape index (κ1) is 14.4. The Morgan fingerprint density at radius 1 is 1.00 bits per heavy atom. The highest BCUT2D eigenvalue weighted by Crippen LogP contribution is 2.30. The molecule has 0 bridgehead atoms. The second-order valence-electron chi connectivity index (χ2n) is 5.29. The predicted octanol–water partition coefficient (Wildman–Crippen LogP) is 4.73. The summed E-state index contributed by atoms with van der Waals surface area (Å²) < 4.78 is 1.73. The van der Waals surface area contributed by atoms with E-state index in [-0.39, 0.29) is 0 Å². The number of nitrogens with zero attached hydrogens (tertiary/aromatic N) is 4. The lowest BCUT2D eigenvalue weighted by molar-refractivity contribution is 0.861. The van der Waals surface area contributed by atoms with Gasteiger partial charge in [-0.2, -0.15) is 9.61 Å². The van der Waals surface area contributed by atoms with Crippen LogP contribution in [0.15, 0.2) is 48.5 Å². The molecule has 2 aromatic carbocycles. The van der Waals surface area contributed by atoms with Crippen LogP contribution in [0, 0.1) is 6.92 Å². The van der Waals surface area contributed by atoms with E-state index in [1.165, 1.54) is 0 Å². The molecule has 4 aromatic rings. The monoisotopic (exact) mass is 342 g/mol. The fraction of sp³-hybridized carbons (Fsp3) is 0.118. The molecule has 0 fully saturated rings. The van der Waals surface area contributed by atoms with Gasteiger partial charge in [-0.25, -0.2) is 9.97 Å². The minimum atomic E-state index is -0.788. The Morgan fingerprint density at radius 3 is 2.61 bits per heavy atom. The lowest BCUT2D eigenvalue weighted by Gasteiger charge is -2.10. The molecule has 2 aromatic heterocycles. The van der Waals surface area contributed by atoms with Crippen molar-refractivity contribution in [2.24, 2.45) is 0 Å². The van der Waals surface area contributed by atoms with Crippen LogP contribution in [-0.2, 0) is 0 Å². The maximum absolute atomic E-state index is 6.00. The van der Waals surface area contributed by atoms with Gasteiger partial charge in [0.25, 0.3) is 0 Å². The van der Waals surface area contributed by atoms with Gasteiger partial charge < -0.3 is 0 Å². The minimum Gasteiger partial charge on any atom is -0.211 e. The van der Waals surface area contributed by atoms with Gasteiger partial charge in [0, 0.05) is 11.6 Å². The van der Waals surface area contributed by atoms with Crippen molar-refractivity contribution in [1.82, 2.24) is 19.6 Å². The van der Waals surface area contributed by atoms with Gasteiger partial charge in [-0.1, -0.05) is 65.7 Å². The molecule has 0 spiro atoms. The largest absolute Gasteiger partial charge is 0.211 e. The highest BCUT2D eigenvalue weighted by Gasteiger charge is 2.17. The Kier molecular flexibility index (Phi) is 3.43. The standard InChI is InChI=1S/C17H12Cl2N4/c1-10-9-14-20-16(15(18)19)21-17(23(14)22-10)13-8-4-6-11-5-2-3-7-12(11)13/h2-9,15H,1H3. The first-order valence-corrected chi connectivity index (χ1v) is 8.01. The summed E-state index contributed by atoms with van der Waals surface area (Å²) in [6.07, 6.45) is 0. The first-order valence-electron chi connectivity index (χ1n) is 7.14. The zero-order chi connectivity index (χ0) is 16.0. The average molecular weight is 343 g/mol. The van der Waals surface area contributed by atoms with Crippen molar-refractivity contribution in [2.45, 2.75) is 11.8 Å². The van der Waals surface area contributed by atoms with Crippen molar-refractivity contribution in [2.75, 3.05) is 0 Å². The molecule has 6 heteroatoms. The molecule has 0 radical (unpaired) electrons. The maximum atomic E-state index is 6.00. The van der Waals surface area contributed by atoms with Gasteiger partial charge in [0.05, 0.1) is 5.69 Å². The molecule has 4 rings (SSSR count). The molecule has 4 nitrogen and oxygen atoms in total. The first-order chi connectivity index (χ1) is 11.1. The van der Waals surface area contributed by atoms with Crippen molar-refractivity contribution in [3.8, 4) is 11.4 Å². The van der Waals surface area contributed by atoms with Crippen LogP contribution in [0.3, 0.4) is 0 Å². The summed E-state index contributed by atoms with van der Waals surface area (Å²) in [6, 6.07) is 16.1. The van der Waals surface area contributed by atoms with Crippen LogP contribution in [0.1, 0.15) is 16.4 Å². The number of aromatic nitrogens is 4. The van der Waals surface area contributed by atoms with Gasteiger partial charge in [0.15, 0.2) is 22.1 Å². The molecule has 0 aliphatic carbocycles. The van der Waals surface area contributed by atoms with Gasteiger partial charge in [-0.05, 0) is 17.7 Å². The van der Waals surface area contributed by atoms with Gasteiger partial charge >= 0.3 is 0 Å². The summed E-state index contributed by atoms with van der Waals surface area (Å²) in [5.74, 6) is 1.06. The van der Waals surface area contributed by atoms with Crippen LogP contribution in [-0.4, -0.2) is 19.6 Å². The SMILES string of the molecule is Cc1cc2nc(C(Cl)Cl)nc(-c3cccc4ccccc34)n2n1. The van der Waals surface area contributed by atoms with Crippen LogP contribution < -0.4 is 0 Å². The van der Waals surface area contributed by atoms with E-state index in [0.29, 0.717) is 17.3 Å². The van der Waals surface area contributed by atoms with Crippen LogP contribution in [0.4, 0.5) is 0 Å². The van der Waals surface area contributed by atoms with Crippen LogP contribution in [0.5, 0.6) is 0 Å². The molecule has 114 valence electrons. The van der Waals surface area contributed by atoms with E-state index in [2.05, 4.69) is 33.3 Å². The van der Waals surface area contributed by atoms with Gasteiger partial charge in [0.2, 0.25) is 0 Å². The zero-order valence-corrected chi connectivity index (χ0v) is 13.8. The quantitative estimate of drug-likeness (QED) is 0.494. The van der Waals surface area contributed by atoms with Crippen molar-refractivity contribution in [1.29, 1.82) is 0 Å². The highest BCUT2D eigenvalue weighted by atomic mass is 35.5. The Labute approximate surface area is 142 Å². The van der Waals surface area contributed by atoms with Crippen molar-refractivity contribution < 1.29 is 0 Å². The van der Waals surface area contributed by atoms with Crippen molar-refractivity contribution in [3.05, 3.63) is 60.0 Å². The minimum absolute atomic E-state index is 0.378. The van der Waals surface area contributed by atoms with Crippen LogP contribution in [0.2, 0.25) is 0 Å².